The summed E-state index contributed by atoms with van der Waals surface area (Å²) in [4.78, 5) is 8.78. The molecule has 1 aromatic carbocycles. The van der Waals surface area contributed by atoms with Crippen LogP contribution < -0.4 is 15.8 Å². The monoisotopic (exact) mass is 535 g/mol. The van der Waals surface area contributed by atoms with Crippen molar-refractivity contribution in [1.82, 2.24) is 9.38 Å². The standard InChI is InChI=1S/C16H15BrClN5O.HI/c1-24-14-4-3-11(6-13(14)18)22-16(19)20-7-12-9-23-8-10(17)2-5-15(23)21-12;/h2-6,8-9H,7H2,1H3,(H3,19,20,22);1H. The molecule has 9 heteroatoms. The Morgan fingerprint density at radius 2 is 2.16 bits per heavy atom. The molecule has 3 aromatic rings. The summed E-state index contributed by atoms with van der Waals surface area (Å²) in [6, 6.07) is 9.18. The van der Waals surface area contributed by atoms with Crippen molar-refractivity contribution >= 4 is 68.8 Å². The SMILES string of the molecule is COc1ccc(NC(N)=NCc2cn3cc(Br)ccc3n2)cc1Cl.I. The number of pyridine rings is 1. The normalized spacial score (nSPS) is 11.2. The molecule has 132 valence electrons. The first-order chi connectivity index (χ1) is 11.5. The third-order valence-electron chi connectivity index (χ3n) is 3.30. The molecule has 0 aliphatic rings. The fraction of sp³-hybridized carbons (Fsp3) is 0.125. The number of anilines is 1. The molecule has 0 saturated heterocycles. The van der Waals surface area contributed by atoms with Crippen LogP contribution in [0, 0.1) is 0 Å². The average Bonchev–Trinajstić information content (AvgIpc) is 2.95. The Labute approximate surface area is 175 Å². The quantitative estimate of drug-likeness (QED) is 0.296. The van der Waals surface area contributed by atoms with Crippen LogP contribution in [-0.4, -0.2) is 22.5 Å². The van der Waals surface area contributed by atoms with Crippen LogP contribution >= 0.6 is 51.5 Å². The fourth-order valence-corrected chi connectivity index (χ4v) is 2.80. The number of aliphatic imine (C=N–C) groups is 1. The molecule has 0 saturated carbocycles. The van der Waals surface area contributed by atoms with Crippen LogP contribution in [0.25, 0.3) is 5.65 Å². The largest absolute Gasteiger partial charge is 0.495 e. The lowest BCUT2D eigenvalue weighted by Gasteiger charge is -2.08. The highest BCUT2D eigenvalue weighted by atomic mass is 127. The van der Waals surface area contributed by atoms with E-state index in [1.165, 1.54) is 0 Å². The Balaban J connectivity index is 0.00000225. The number of benzene rings is 1. The van der Waals surface area contributed by atoms with Crippen molar-refractivity contribution in [2.24, 2.45) is 10.7 Å². The van der Waals surface area contributed by atoms with Crippen LogP contribution in [0.1, 0.15) is 5.69 Å². The van der Waals surface area contributed by atoms with E-state index in [0.717, 1.165) is 21.5 Å². The molecule has 0 unspecified atom stereocenters. The molecular formula is C16H16BrClIN5O. The van der Waals surface area contributed by atoms with Crippen LogP contribution in [0.3, 0.4) is 0 Å². The highest BCUT2D eigenvalue weighted by Crippen LogP contribution is 2.27. The molecular weight excluding hydrogens is 520 g/mol. The maximum atomic E-state index is 6.08. The van der Waals surface area contributed by atoms with Gasteiger partial charge in [-0.05, 0) is 46.3 Å². The van der Waals surface area contributed by atoms with Crippen molar-refractivity contribution in [2.75, 3.05) is 12.4 Å². The number of imidazole rings is 1. The predicted octanol–water partition coefficient (Wildman–Crippen LogP) is 4.30. The molecule has 0 aliphatic carbocycles. The highest BCUT2D eigenvalue weighted by molar-refractivity contribution is 14.0. The van der Waals surface area contributed by atoms with Crippen molar-refractivity contribution in [3.63, 3.8) is 0 Å². The van der Waals surface area contributed by atoms with Crippen molar-refractivity contribution < 1.29 is 4.74 Å². The topological polar surface area (TPSA) is 76.9 Å². The summed E-state index contributed by atoms with van der Waals surface area (Å²) < 4.78 is 8.03. The first-order valence-electron chi connectivity index (χ1n) is 7.09. The van der Waals surface area contributed by atoms with Crippen LogP contribution in [0.4, 0.5) is 5.69 Å². The summed E-state index contributed by atoms with van der Waals surface area (Å²) in [6.07, 6.45) is 3.86. The molecule has 2 aromatic heterocycles. The van der Waals surface area contributed by atoms with E-state index in [1.807, 2.05) is 35.0 Å². The first kappa shape index (κ1) is 19.8. The number of rotatable bonds is 4. The van der Waals surface area contributed by atoms with Gasteiger partial charge in [0.25, 0.3) is 0 Å². The Hall–Kier alpha value is -1.52. The predicted molar refractivity (Wildman–Crippen MR) is 115 cm³/mol. The van der Waals surface area contributed by atoms with E-state index in [0.29, 0.717) is 17.3 Å². The van der Waals surface area contributed by atoms with Crippen molar-refractivity contribution in [3.05, 3.63) is 57.9 Å². The summed E-state index contributed by atoms with van der Waals surface area (Å²) in [7, 11) is 1.57. The summed E-state index contributed by atoms with van der Waals surface area (Å²) >= 11 is 9.51. The number of hydrogen-bond donors (Lipinski definition) is 2. The zero-order valence-corrected chi connectivity index (χ0v) is 17.9. The van der Waals surface area contributed by atoms with Gasteiger partial charge in [0.1, 0.15) is 11.4 Å². The summed E-state index contributed by atoms with van der Waals surface area (Å²) in [5.41, 5.74) is 8.33. The number of aromatic nitrogens is 2. The molecule has 0 radical (unpaired) electrons. The lowest BCUT2D eigenvalue weighted by atomic mass is 10.3. The Bertz CT molecular complexity index is 915. The Morgan fingerprint density at radius 3 is 2.88 bits per heavy atom. The van der Waals surface area contributed by atoms with Gasteiger partial charge < -0.3 is 20.2 Å². The van der Waals surface area contributed by atoms with Gasteiger partial charge in [0.2, 0.25) is 0 Å². The van der Waals surface area contributed by atoms with E-state index >= 15 is 0 Å². The van der Waals surface area contributed by atoms with E-state index in [2.05, 4.69) is 31.2 Å². The number of nitrogens with one attached hydrogen (secondary N) is 1. The lowest BCUT2D eigenvalue weighted by Crippen LogP contribution is -2.22. The van der Waals surface area contributed by atoms with E-state index < -0.39 is 0 Å². The second-order valence-electron chi connectivity index (χ2n) is 5.02. The van der Waals surface area contributed by atoms with Gasteiger partial charge in [-0.2, -0.15) is 0 Å². The highest BCUT2D eigenvalue weighted by Gasteiger charge is 2.04. The summed E-state index contributed by atoms with van der Waals surface area (Å²) in [6.45, 7) is 0.377. The van der Waals surface area contributed by atoms with Gasteiger partial charge in [-0.25, -0.2) is 9.98 Å². The fourth-order valence-electron chi connectivity index (χ4n) is 2.19. The molecule has 0 bridgehead atoms. The molecule has 0 spiro atoms. The number of ether oxygens (including phenoxy) is 1. The average molecular weight is 537 g/mol. The minimum absolute atomic E-state index is 0. The number of fused-ring (bicyclic) bond motifs is 1. The number of nitrogens with zero attached hydrogens (tertiary/aromatic N) is 3. The smallest absolute Gasteiger partial charge is 0.193 e. The van der Waals surface area contributed by atoms with Gasteiger partial charge >= 0.3 is 0 Å². The van der Waals surface area contributed by atoms with Gasteiger partial charge in [-0.3, -0.25) is 0 Å². The minimum atomic E-state index is 0. The molecule has 3 N–H and O–H groups in total. The van der Waals surface area contributed by atoms with Gasteiger partial charge in [-0.15, -0.1) is 24.0 Å². The van der Waals surface area contributed by atoms with Gasteiger partial charge in [-0.1, -0.05) is 11.6 Å². The molecule has 25 heavy (non-hydrogen) atoms. The van der Waals surface area contributed by atoms with Crippen LogP contribution in [0.2, 0.25) is 5.02 Å². The number of guanidine groups is 1. The number of methoxy groups -OCH3 is 1. The Kier molecular flexibility index (Phi) is 6.91. The van der Waals surface area contributed by atoms with Gasteiger partial charge in [0.05, 0.1) is 24.4 Å². The van der Waals surface area contributed by atoms with Crippen molar-refractivity contribution in [2.45, 2.75) is 6.54 Å². The molecule has 0 amide bonds. The molecule has 6 nitrogen and oxygen atoms in total. The first-order valence-corrected chi connectivity index (χ1v) is 8.26. The van der Waals surface area contributed by atoms with Crippen molar-refractivity contribution in [1.29, 1.82) is 0 Å². The third kappa shape index (κ3) is 4.99. The third-order valence-corrected chi connectivity index (χ3v) is 4.06. The summed E-state index contributed by atoms with van der Waals surface area (Å²) in [5, 5.41) is 3.49. The minimum Gasteiger partial charge on any atom is -0.495 e. The zero-order chi connectivity index (χ0) is 17.1. The second kappa shape index (κ2) is 8.72. The van der Waals surface area contributed by atoms with E-state index in [4.69, 9.17) is 22.1 Å². The maximum Gasteiger partial charge on any atom is 0.193 e. The van der Waals surface area contributed by atoms with E-state index in [1.54, 1.807) is 19.2 Å². The molecule has 3 rings (SSSR count). The van der Waals surface area contributed by atoms with E-state index in [-0.39, 0.29) is 29.9 Å². The van der Waals surface area contributed by atoms with Crippen LogP contribution in [0.15, 0.2) is 52.2 Å². The molecule has 0 fully saturated rings. The van der Waals surface area contributed by atoms with Crippen molar-refractivity contribution in [3.8, 4) is 5.75 Å². The lowest BCUT2D eigenvalue weighted by molar-refractivity contribution is 0.415. The van der Waals surface area contributed by atoms with Gasteiger partial charge in [0.15, 0.2) is 5.96 Å². The number of halogens is 3. The zero-order valence-electron chi connectivity index (χ0n) is 13.2. The second-order valence-corrected chi connectivity index (χ2v) is 6.34. The molecule has 0 atom stereocenters. The summed E-state index contributed by atoms with van der Waals surface area (Å²) in [5.74, 6) is 0.892. The van der Waals surface area contributed by atoms with Crippen LogP contribution in [-0.2, 0) is 6.54 Å². The maximum absolute atomic E-state index is 6.08. The van der Waals surface area contributed by atoms with Crippen LogP contribution in [0.5, 0.6) is 5.75 Å². The Morgan fingerprint density at radius 1 is 1.36 bits per heavy atom. The molecule has 2 heterocycles. The number of hydrogen-bond acceptors (Lipinski definition) is 3. The number of nitrogens with two attached hydrogens (primary N) is 1. The van der Waals surface area contributed by atoms with E-state index in [9.17, 15) is 0 Å². The molecule has 0 aliphatic heterocycles. The van der Waals surface area contributed by atoms with Gasteiger partial charge in [0, 0.05) is 22.6 Å².